The first kappa shape index (κ1) is 29.2. The van der Waals surface area contributed by atoms with Gasteiger partial charge in [0.15, 0.2) is 11.4 Å². The molecule has 3 aliphatic carbocycles. The van der Waals surface area contributed by atoms with Crippen molar-refractivity contribution in [3.8, 4) is 16.9 Å². The Morgan fingerprint density at radius 2 is 1.68 bits per heavy atom. The highest BCUT2D eigenvalue weighted by molar-refractivity contribution is 6.24. The van der Waals surface area contributed by atoms with Gasteiger partial charge in [-0.3, -0.25) is 19.3 Å². The Balaban J connectivity index is 1.41. The highest BCUT2D eigenvalue weighted by Gasteiger charge is 2.64. The number of rotatable bonds is 6. The van der Waals surface area contributed by atoms with Gasteiger partial charge in [0.05, 0.1) is 11.6 Å². The first-order valence-corrected chi connectivity index (χ1v) is 14.3. The summed E-state index contributed by atoms with van der Waals surface area (Å²) in [6.07, 6.45) is 0.251. The monoisotopic (exact) mass is 595 g/mol. The van der Waals surface area contributed by atoms with Crippen molar-refractivity contribution >= 4 is 28.9 Å². The lowest BCUT2D eigenvalue weighted by atomic mass is 9.57. The number of anilines is 1. The lowest BCUT2D eigenvalue weighted by molar-refractivity contribution is -0.153. The zero-order valence-electron chi connectivity index (χ0n) is 24.2. The third kappa shape index (κ3) is 4.37. The molecule has 7 N–H and O–H groups in total. The number of aliphatic hydroxyl groups is 3. The second-order valence-corrected chi connectivity index (χ2v) is 11.9. The van der Waals surface area contributed by atoms with Crippen LogP contribution in [0.15, 0.2) is 83.6 Å². The molecule has 44 heavy (non-hydrogen) atoms. The molecular formula is C34H33N3O7. The van der Waals surface area contributed by atoms with Crippen LogP contribution in [0.2, 0.25) is 0 Å². The number of hydrogen-bond acceptors (Lipinski definition) is 9. The van der Waals surface area contributed by atoms with Gasteiger partial charge >= 0.3 is 0 Å². The van der Waals surface area contributed by atoms with Crippen molar-refractivity contribution in [1.82, 2.24) is 4.90 Å². The SMILES string of the molecule is CN(C)[C@@H]1C(=O)C(C(N)=O)=C(O)[C@@]2(O)C(=O)C3=C(O)c4c(O)ccc(-c5ccc(CNc6ccccc6)cc5)c4C[C@H]3C[C@@H]12. The van der Waals surface area contributed by atoms with Crippen LogP contribution < -0.4 is 11.1 Å². The Kier molecular flexibility index (Phi) is 7.06. The van der Waals surface area contributed by atoms with E-state index in [1.807, 2.05) is 54.6 Å². The number of aromatic hydroxyl groups is 1. The molecule has 0 radical (unpaired) electrons. The number of phenols is 1. The van der Waals surface area contributed by atoms with E-state index in [1.165, 1.54) is 11.0 Å². The van der Waals surface area contributed by atoms with E-state index in [1.54, 1.807) is 20.2 Å². The van der Waals surface area contributed by atoms with E-state index in [9.17, 15) is 34.8 Å². The summed E-state index contributed by atoms with van der Waals surface area (Å²) in [5, 5.41) is 48.5. The number of Topliss-reactive ketones (excluding diaryl/α,β-unsaturated/α-hetero) is 2. The summed E-state index contributed by atoms with van der Waals surface area (Å²) in [6, 6.07) is 19.8. The summed E-state index contributed by atoms with van der Waals surface area (Å²) in [6.45, 7) is 0.615. The summed E-state index contributed by atoms with van der Waals surface area (Å²) < 4.78 is 0. The molecule has 6 rings (SSSR count). The number of phenolic OH excluding ortho intramolecular Hbond substituents is 1. The van der Waals surface area contributed by atoms with Gasteiger partial charge in [-0.15, -0.1) is 0 Å². The number of benzene rings is 3. The molecule has 0 spiro atoms. The number of aliphatic hydroxyl groups excluding tert-OH is 2. The maximum absolute atomic E-state index is 14.0. The lowest BCUT2D eigenvalue weighted by Crippen LogP contribution is -2.65. The second-order valence-electron chi connectivity index (χ2n) is 11.9. The molecule has 1 saturated carbocycles. The predicted octanol–water partition coefficient (Wildman–Crippen LogP) is 3.24. The van der Waals surface area contributed by atoms with Gasteiger partial charge in [0.25, 0.3) is 5.91 Å². The summed E-state index contributed by atoms with van der Waals surface area (Å²) in [4.78, 5) is 41.0. The van der Waals surface area contributed by atoms with Crippen molar-refractivity contribution in [3.05, 3.63) is 100 Å². The molecule has 0 unspecified atom stereocenters. The van der Waals surface area contributed by atoms with E-state index >= 15 is 0 Å². The molecule has 10 heteroatoms. The average molecular weight is 596 g/mol. The molecule has 1 amide bonds. The van der Waals surface area contributed by atoms with E-state index in [0.29, 0.717) is 12.1 Å². The lowest BCUT2D eigenvalue weighted by Gasteiger charge is -2.50. The van der Waals surface area contributed by atoms with E-state index in [4.69, 9.17) is 5.73 Å². The maximum Gasteiger partial charge on any atom is 0.255 e. The molecule has 10 nitrogen and oxygen atoms in total. The molecule has 226 valence electrons. The predicted molar refractivity (Wildman–Crippen MR) is 163 cm³/mol. The van der Waals surface area contributed by atoms with Crippen molar-refractivity contribution in [1.29, 1.82) is 0 Å². The van der Waals surface area contributed by atoms with E-state index in [0.717, 1.165) is 22.4 Å². The van der Waals surface area contributed by atoms with Crippen LogP contribution >= 0.6 is 0 Å². The number of carbonyl (C=O) groups excluding carboxylic acids is 3. The van der Waals surface area contributed by atoms with Crippen LogP contribution in [0.3, 0.4) is 0 Å². The fourth-order valence-corrected chi connectivity index (χ4v) is 7.08. The Morgan fingerprint density at radius 3 is 2.32 bits per heavy atom. The van der Waals surface area contributed by atoms with Crippen LogP contribution in [0.5, 0.6) is 5.75 Å². The summed E-state index contributed by atoms with van der Waals surface area (Å²) in [5.41, 5.74) is 6.03. The zero-order chi connectivity index (χ0) is 31.5. The summed E-state index contributed by atoms with van der Waals surface area (Å²) in [5.74, 6) is -6.71. The second kappa shape index (κ2) is 10.7. The van der Waals surface area contributed by atoms with Crippen molar-refractivity contribution in [2.24, 2.45) is 17.6 Å². The van der Waals surface area contributed by atoms with Gasteiger partial charge < -0.3 is 31.5 Å². The van der Waals surface area contributed by atoms with Crippen molar-refractivity contribution in [2.75, 3.05) is 19.4 Å². The standard InChI is InChI=1S/C34H33N3O7/c1-37(2)28-23-15-19-14-22-21(18-10-8-17(9-11-18)16-36-20-6-4-3-5-7-20)12-13-24(38)26(22)29(39)25(19)31(41)34(23,44)32(42)27(30(28)40)33(35)43/h3-13,19,23,28,36,38-39,42,44H,14-16H2,1-2H3,(H2,35,43)/t19-,23-,28-,34-/m0/s1. The van der Waals surface area contributed by atoms with Crippen molar-refractivity contribution < 1.29 is 34.8 Å². The number of ketones is 2. The van der Waals surface area contributed by atoms with Crippen molar-refractivity contribution in [3.63, 3.8) is 0 Å². The molecule has 3 aromatic carbocycles. The number of likely N-dealkylation sites (N-methyl/N-ethyl adjacent to an activating group) is 1. The molecule has 4 atom stereocenters. The molecule has 0 heterocycles. The molecule has 3 aliphatic rings. The minimum absolute atomic E-state index is 0.0327. The number of para-hydroxylation sites is 1. The summed E-state index contributed by atoms with van der Waals surface area (Å²) in [7, 11) is 3.14. The van der Waals surface area contributed by atoms with Gasteiger partial charge in [0, 0.05) is 23.7 Å². The highest BCUT2D eigenvalue weighted by Crippen LogP contribution is 2.53. The van der Waals surface area contributed by atoms with Crippen LogP contribution in [-0.2, 0) is 27.3 Å². The number of nitrogens with two attached hydrogens (primary N) is 1. The topological polar surface area (TPSA) is 173 Å². The Labute approximate surface area is 253 Å². The van der Waals surface area contributed by atoms with Crippen LogP contribution in [-0.4, -0.2) is 68.5 Å². The smallest absolute Gasteiger partial charge is 0.255 e. The highest BCUT2D eigenvalue weighted by atomic mass is 16.3. The number of primary amides is 1. The van der Waals surface area contributed by atoms with Crippen LogP contribution in [0, 0.1) is 11.8 Å². The zero-order valence-corrected chi connectivity index (χ0v) is 24.2. The van der Waals surface area contributed by atoms with Gasteiger partial charge in [0.2, 0.25) is 5.78 Å². The van der Waals surface area contributed by atoms with E-state index in [-0.39, 0.29) is 29.7 Å². The molecular weight excluding hydrogens is 562 g/mol. The Bertz CT molecular complexity index is 1760. The minimum atomic E-state index is -2.67. The minimum Gasteiger partial charge on any atom is -0.508 e. The van der Waals surface area contributed by atoms with Gasteiger partial charge in [-0.1, -0.05) is 48.5 Å². The quantitative estimate of drug-likeness (QED) is 0.234. The van der Waals surface area contributed by atoms with E-state index in [2.05, 4.69) is 5.32 Å². The summed E-state index contributed by atoms with van der Waals surface area (Å²) >= 11 is 0. The molecule has 1 fully saturated rings. The Morgan fingerprint density at radius 1 is 1.00 bits per heavy atom. The van der Waals surface area contributed by atoms with Gasteiger partial charge in [-0.05, 0) is 73.3 Å². The van der Waals surface area contributed by atoms with Gasteiger partial charge in [-0.25, -0.2) is 0 Å². The van der Waals surface area contributed by atoms with E-state index < -0.39 is 58.0 Å². The third-order valence-corrected chi connectivity index (χ3v) is 9.14. The molecule has 3 aromatic rings. The fraction of sp³-hybridized carbons (Fsp3) is 0.265. The normalized spacial score (nSPS) is 24.6. The number of hydrogen-bond donors (Lipinski definition) is 6. The Hall–Kier alpha value is -4.93. The molecule has 0 aliphatic heterocycles. The molecule has 0 aromatic heterocycles. The fourth-order valence-electron chi connectivity index (χ4n) is 7.08. The average Bonchev–Trinajstić information content (AvgIpc) is 2.98. The maximum atomic E-state index is 14.0. The number of nitrogens with one attached hydrogen (secondary N) is 1. The molecule has 0 bridgehead atoms. The first-order chi connectivity index (χ1) is 20.9. The van der Waals surface area contributed by atoms with Crippen LogP contribution in [0.4, 0.5) is 5.69 Å². The first-order valence-electron chi connectivity index (χ1n) is 14.3. The number of fused-ring (bicyclic) bond motifs is 3. The number of amides is 1. The number of nitrogens with zero attached hydrogens (tertiary/aromatic N) is 1. The number of carbonyl (C=O) groups is 3. The van der Waals surface area contributed by atoms with Crippen LogP contribution in [0.1, 0.15) is 23.1 Å². The van der Waals surface area contributed by atoms with Gasteiger partial charge in [-0.2, -0.15) is 0 Å². The molecule has 0 saturated heterocycles. The largest absolute Gasteiger partial charge is 0.508 e. The van der Waals surface area contributed by atoms with Gasteiger partial charge in [0.1, 0.15) is 22.8 Å². The third-order valence-electron chi connectivity index (χ3n) is 9.14. The van der Waals surface area contributed by atoms with Crippen LogP contribution in [0.25, 0.3) is 16.9 Å². The van der Waals surface area contributed by atoms with Crippen molar-refractivity contribution in [2.45, 2.75) is 31.0 Å².